The van der Waals surface area contributed by atoms with E-state index in [1.807, 2.05) is 0 Å². The van der Waals surface area contributed by atoms with Crippen molar-refractivity contribution in [2.45, 2.75) is 13.8 Å². The monoisotopic (exact) mass is 293 g/mol. The fourth-order valence-corrected chi connectivity index (χ4v) is 2.37. The van der Waals surface area contributed by atoms with Crippen LogP contribution >= 0.6 is 11.3 Å². The zero-order valence-corrected chi connectivity index (χ0v) is 11.7. The van der Waals surface area contributed by atoms with Gasteiger partial charge in [0.25, 0.3) is 0 Å². The van der Waals surface area contributed by atoms with E-state index in [4.69, 9.17) is 9.88 Å². The topological polar surface area (TPSA) is 111 Å². The van der Waals surface area contributed by atoms with Gasteiger partial charge in [-0.3, -0.25) is 0 Å². The molecule has 0 aliphatic rings. The molecule has 102 valence electrons. The third kappa shape index (κ3) is 4.59. The number of thiazole rings is 1. The number of aromatic nitrogens is 1. The van der Waals surface area contributed by atoms with Gasteiger partial charge < -0.3 is 10.1 Å². The molecular weight excluding hydrogens is 278 g/mol. The molecule has 0 aromatic carbocycles. The Bertz CT molecular complexity index is 524. The van der Waals surface area contributed by atoms with Gasteiger partial charge in [0.1, 0.15) is 0 Å². The SMILES string of the molecule is CCOC(=O)c1nc(NCCS(N)(=O)=O)sc1C. The number of hydrogen-bond donors (Lipinski definition) is 2. The van der Waals surface area contributed by atoms with Gasteiger partial charge in [-0.25, -0.2) is 23.3 Å². The number of hydrogen-bond acceptors (Lipinski definition) is 7. The molecule has 0 saturated carbocycles. The third-order valence-corrected chi connectivity index (χ3v) is 3.63. The van der Waals surface area contributed by atoms with Crippen molar-refractivity contribution in [1.82, 2.24) is 4.98 Å². The van der Waals surface area contributed by atoms with Gasteiger partial charge in [0.15, 0.2) is 10.8 Å². The molecule has 1 rings (SSSR count). The second kappa shape index (κ2) is 6.12. The lowest BCUT2D eigenvalue weighted by Gasteiger charge is -2.00. The lowest BCUT2D eigenvalue weighted by molar-refractivity contribution is 0.0519. The maximum Gasteiger partial charge on any atom is 0.358 e. The van der Waals surface area contributed by atoms with Gasteiger partial charge >= 0.3 is 5.97 Å². The van der Waals surface area contributed by atoms with E-state index in [-0.39, 0.29) is 24.6 Å². The summed E-state index contributed by atoms with van der Waals surface area (Å²) in [6.45, 7) is 3.89. The molecule has 3 N–H and O–H groups in total. The summed E-state index contributed by atoms with van der Waals surface area (Å²) in [6, 6.07) is 0. The highest BCUT2D eigenvalue weighted by atomic mass is 32.2. The number of nitrogens with zero attached hydrogens (tertiary/aromatic N) is 1. The number of sulfonamides is 1. The standard InChI is InChI=1S/C9H15N3O4S2/c1-3-16-8(13)7-6(2)17-9(12-7)11-4-5-18(10,14)15/h3-5H2,1-2H3,(H,11,12)(H2,10,14,15). The molecule has 0 aliphatic carbocycles. The summed E-state index contributed by atoms with van der Waals surface area (Å²) in [5.41, 5.74) is 0.250. The summed E-state index contributed by atoms with van der Waals surface area (Å²) in [5, 5.41) is 8.13. The molecule has 0 spiro atoms. The zero-order valence-electron chi connectivity index (χ0n) is 10.1. The van der Waals surface area contributed by atoms with Crippen molar-refractivity contribution in [2.75, 3.05) is 24.2 Å². The first-order valence-corrected chi connectivity index (χ1v) is 7.75. The van der Waals surface area contributed by atoms with Gasteiger partial charge in [-0.05, 0) is 13.8 Å². The van der Waals surface area contributed by atoms with Crippen LogP contribution in [-0.4, -0.2) is 38.3 Å². The van der Waals surface area contributed by atoms with E-state index in [0.29, 0.717) is 10.0 Å². The quantitative estimate of drug-likeness (QED) is 0.731. The van der Waals surface area contributed by atoms with Crippen LogP contribution in [0, 0.1) is 6.92 Å². The molecule has 0 aliphatic heterocycles. The van der Waals surface area contributed by atoms with E-state index in [0.717, 1.165) is 0 Å². The molecule has 7 nitrogen and oxygen atoms in total. The minimum atomic E-state index is -3.50. The number of anilines is 1. The Hall–Kier alpha value is -1.19. The summed E-state index contributed by atoms with van der Waals surface area (Å²) in [6.07, 6.45) is 0. The molecule has 0 bridgehead atoms. The smallest absolute Gasteiger partial charge is 0.358 e. The first kappa shape index (κ1) is 14.9. The number of esters is 1. The molecule has 18 heavy (non-hydrogen) atoms. The van der Waals surface area contributed by atoms with E-state index < -0.39 is 16.0 Å². The maximum atomic E-state index is 11.5. The van der Waals surface area contributed by atoms with Crippen LogP contribution in [0.15, 0.2) is 0 Å². The number of primary sulfonamides is 1. The normalized spacial score (nSPS) is 11.3. The van der Waals surface area contributed by atoms with Crippen molar-refractivity contribution in [2.24, 2.45) is 5.14 Å². The van der Waals surface area contributed by atoms with Crippen LogP contribution in [0.4, 0.5) is 5.13 Å². The Morgan fingerprint density at radius 1 is 1.56 bits per heavy atom. The van der Waals surface area contributed by atoms with Gasteiger partial charge in [-0.1, -0.05) is 0 Å². The van der Waals surface area contributed by atoms with Gasteiger partial charge in [0, 0.05) is 11.4 Å². The summed E-state index contributed by atoms with van der Waals surface area (Å²) in [4.78, 5) is 16.2. The first-order chi connectivity index (χ1) is 8.33. The van der Waals surface area contributed by atoms with Crippen LogP contribution < -0.4 is 10.5 Å². The molecule has 1 aromatic rings. The average molecular weight is 293 g/mol. The molecule has 0 saturated heterocycles. The maximum absolute atomic E-state index is 11.5. The molecular formula is C9H15N3O4S2. The van der Waals surface area contributed by atoms with Crippen molar-refractivity contribution >= 4 is 32.5 Å². The van der Waals surface area contributed by atoms with Crippen LogP contribution in [-0.2, 0) is 14.8 Å². The number of nitrogens with one attached hydrogen (secondary N) is 1. The van der Waals surface area contributed by atoms with Crippen molar-refractivity contribution < 1.29 is 17.9 Å². The summed E-state index contributed by atoms with van der Waals surface area (Å²) in [7, 11) is -3.50. The largest absolute Gasteiger partial charge is 0.461 e. The lowest BCUT2D eigenvalue weighted by Crippen LogP contribution is -2.22. The molecule has 1 aromatic heterocycles. The molecule has 9 heteroatoms. The second-order valence-corrected chi connectivity index (χ2v) is 6.38. The minimum absolute atomic E-state index is 0.147. The number of carbonyl (C=O) groups excluding carboxylic acids is 1. The third-order valence-electron chi connectivity index (χ3n) is 1.93. The van der Waals surface area contributed by atoms with Crippen LogP contribution in [0.1, 0.15) is 22.3 Å². The fourth-order valence-electron chi connectivity index (χ4n) is 1.16. The summed E-state index contributed by atoms with van der Waals surface area (Å²) < 4.78 is 26.3. The minimum Gasteiger partial charge on any atom is -0.461 e. The van der Waals surface area contributed by atoms with Crippen molar-refractivity contribution in [3.63, 3.8) is 0 Å². The van der Waals surface area contributed by atoms with Crippen molar-refractivity contribution in [3.05, 3.63) is 10.6 Å². The number of rotatable bonds is 6. The van der Waals surface area contributed by atoms with Crippen molar-refractivity contribution in [3.8, 4) is 0 Å². The summed E-state index contributed by atoms with van der Waals surface area (Å²) in [5.74, 6) is -0.675. The predicted octanol–water partition coefficient (Wildman–Crippen LogP) is 0.329. The molecule has 0 unspecified atom stereocenters. The highest BCUT2D eigenvalue weighted by molar-refractivity contribution is 7.89. The van der Waals surface area contributed by atoms with Crippen LogP contribution in [0.25, 0.3) is 0 Å². The Labute approximate surface area is 109 Å². The van der Waals surface area contributed by atoms with E-state index in [1.165, 1.54) is 11.3 Å². The second-order valence-electron chi connectivity index (χ2n) is 3.44. The van der Waals surface area contributed by atoms with Crippen LogP contribution in [0.5, 0.6) is 0 Å². The predicted molar refractivity (Wildman–Crippen MR) is 69.3 cm³/mol. The lowest BCUT2D eigenvalue weighted by atomic mass is 10.4. The first-order valence-electron chi connectivity index (χ1n) is 5.22. The molecule has 0 atom stereocenters. The highest BCUT2D eigenvalue weighted by Gasteiger charge is 2.16. The van der Waals surface area contributed by atoms with E-state index >= 15 is 0 Å². The van der Waals surface area contributed by atoms with Crippen LogP contribution in [0.2, 0.25) is 0 Å². The zero-order chi connectivity index (χ0) is 13.8. The number of carbonyl (C=O) groups is 1. The van der Waals surface area contributed by atoms with Gasteiger partial charge in [-0.2, -0.15) is 0 Å². The Kier molecular flexibility index (Phi) is 5.05. The van der Waals surface area contributed by atoms with Gasteiger partial charge in [-0.15, -0.1) is 11.3 Å². The number of nitrogens with two attached hydrogens (primary N) is 1. The highest BCUT2D eigenvalue weighted by Crippen LogP contribution is 2.22. The van der Waals surface area contributed by atoms with E-state index in [2.05, 4.69) is 10.3 Å². The Morgan fingerprint density at radius 3 is 2.78 bits per heavy atom. The van der Waals surface area contributed by atoms with E-state index in [9.17, 15) is 13.2 Å². The summed E-state index contributed by atoms with van der Waals surface area (Å²) >= 11 is 1.26. The van der Waals surface area contributed by atoms with Crippen LogP contribution in [0.3, 0.4) is 0 Å². The Balaban J connectivity index is 2.64. The van der Waals surface area contributed by atoms with Crippen molar-refractivity contribution in [1.29, 1.82) is 0 Å². The fraction of sp³-hybridized carbons (Fsp3) is 0.556. The number of ether oxygens (including phenoxy) is 1. The Morgan fingerprint density at radius 2 is 2.22 bits per heavy atom. The van der Waals surface area contributed by atoms with Gasteiger partial charge in [0.05, 0.1) is 12.4 Å². The molecule has 0 fully saturated rings. The molecule has 0 amide bonds. The number of aryl methyl sites for hydroxylation is 1. The van der Waals surface area contributed by atoms with E-state index in [1.54, 1.807) is 13.8 Å². The van der Waals surface area contributed by atoms with Gasteiger partial charge in [0.2, 0.25) is 10.0 Å². The molecule has 0 radical (unpaired) electrons. The molecule has 1 heterocycles. The average Bonchev–Trinajstić information content (AvgIpc) is 2.58.